The van der Waals surface area contributed by atoms with Gasteiger partial charge in [-0.15, -0.1) is 0 Å². The topological polar surface area (TPSA) is 45.7 Å². The summed E-state index contributed by atoms with van der Waals surface area (Å²) in [6.07, 6.45) is 0. The van der Waals surface area contributed by atoms with Gasteiger partial charge >= 0.3 is 0 Å². The third-order valence-electron chi connectivity index (χ3n) is 5.13. The van der Waals surface area contributed by atoms with Crippen LogP contribution in [0.25, 0.3) is 10.9 Å². The molecule has 0 radical (unpaired) electrons. The zero-order valence-corrected chi connectivity index (χ0v) is 16.5. The Balaban J connectivity index is 1.37. The molecule has 0 aliphatic carbocycles. The van der Waals surface area contributed by atoms with Gasteiger partial charge in [-0.3, -0.25) is 9.69 Å². The van der Waals surface area contributed by atoms with Gasteiger partial charge in [0.1, 0.15) is 10.9 Å². The molecule has 0 N–H and O–H groups in total. The number of ether oxygens (including phenoxy) is 1. The number of hydrogen-bond donors (Lipinski definition) is 0. The molecule has 0 unspecified atom stereocenters. The number of piperazine rings is 1. The third kappa shape index (κ3) is 4.11. The minimum Gasteiger partial charge on any atom is -0.497 e. The molecule has 3 aromatic rings. The van der Waals surface area contributed by atoms with E-state index >= 15 is 0 Å². The van der Waals surface area contributed by atoms with Gasteiger partial charge in [0.2, 0.25) is 0 Å². The van der Waals surface area contributed by atoms with Gasteiger partial charge in [0.15, 0.2) is 0 Å². The average molecular weight is 396 g/mol. The highest BCUT2D eigenvalue weighted by atomic mass is 35.5. The molecule has 1 aliphatic heterocycles. The Hall–Kier alpha value is -2.63. The highest BCUT2D eigenvalue weighted by molar-refractivity contribution is 6.29. The number of aromatic nitrogens is 1. The number of fused-ring (bicyclic) bond motifs is 1. The smallest absolute Gasteiger partial charge is 0.253 e. The zero-order chi connectivity index (χ0) is 19.5. The lowest BCUT2D eigenvalue weighted by molar-refractivity contribution is 0.0628. The molecule has 1 aliphatic rings. The number of pyridine rings is 1. The summed E-state index contributed by atoms with van der Waals surface area (Å²) in [5.41, 5.74) is 2.75. The minimum atomic E-state index is 0.0703. The summed E-state index contributed by atoms with van der Waals surface area (Å²) in [5.74, 6) is 0.938. The van der Waals surface area contributed by atoms with Gasteiger partial charge in [0, 0.05) is 43.7 Å². The van der Waals surface area contributed by atoms with Crippen molar-refractivity contribution in [2.24, 2.45) is 0 Å². The van der Waals surface area contributed by atoms with Crippen LogP contribution in [-0.4, -0.2) is 54.0 Å². The van der Waals surface area contributed by atoms with Crippen molar-refractivity contribution in [3.05, 3.63) is 70.9 Å². The zero-order valence-electron chi connectivity index (χ0n) is 15.8. The van der Waals surface area contributed by atoms with Gasteiger partial charge in [0.05, 0.1) is 12.6 Å². The van der Waals surface area contributed by atoms with E-state index in [0.717, 1.165) is 49.4 Å². The molecule has 1 aromatic heterocycles. The van der Waals surface area contributed by atoms with Gasteiger partial charge in [-0.1, -0.05) is 23.7 Å². The van der Waals surface area contributed by atoms with Crippen molar-refractivity contribution in [3.8, 4) is 5.75 Å². The van der Waals surface area contributed by atoms with Crippen LogP contribution in [0.5, 0.6) is 5.75 Å². The van der Waals surface area contributed by atoms with E-state index in [0.29, 0.717) is 10.7 Å². The van der Waals surface area contributed by atoms with Crippen molar-refractivity contribution in [3.63, 3.8) is 0 Å². The highest BCUT2D eigenvalue weighted by Gasteiger charge is 2.22. The van der Waals surface area contributed by atoms with Gasteiger partial charge in [-0.2, -0.15) is 0 Å². The lowest BCUT2D eigenvalue weighted by atomic mass is 10.1. The van der Waals surface area contributed by atoms with Gasteiger partial charge < -0.3 is 9.64 Å². The minimum absolute atomic E-state index is 0.0703. The van der Waals surface area contributed by atoms with Gasteiger partial charge in [-0.05, 0) is 48.0 Å². The molecule has 0 spiro atoms. The Bertz CT molecular complexity index is 983. The van der Waals surface area contributed by atoms with Crippen LogP contribution < -0.4 is 4.74 Å². The summed E-state index contributed by atoms with van der Waals surface area (Å²) >= 11 is 5.93. The van der Waals surface area contributed by atoms with Crippen LogP contribution in [-0.2, 0) is 6.54 Å². The van der Waals surface area contributed by atoms with Crippen molar-refractivity contribution >= 4 is 28.4 Å². The molecule has 0 atom stereocenters. The normalized spacial score (nSPS) is 15.0. The molecular weight excluding hydrogens is 374 g/mol. The van der Waals surface area contributed by atoms with E-state index in [2.05, 4.69) is 22.0 Å². The van der Waals surface area contributed by atoms with Crippen molar-refractivity contribution < 1.29 is 9.53 Å². The van der Waals surface area contributed by atoms with Crippen LogP contribution in [0.2, 0.25) is 5.15 Å². The van der Waals surface area contributed by atoms with E-state index in [1.165, 1.54) is 5.56 Å². The Morgan fingerprint density at radius 1 is 1.04 bits per heavy atom. The summed E-state index contributed by atoms with van der Waals surface area (Å²) in [6.45, 7) is 4.07. The summed E-state index contributed by atoms with van der Waals surface area (Å²) in [5, 5.41) is 1.38. The molecule has 4 rings (SSSR count). The van der Waals surface area contributed by atoms with Crippen molar-refractivity contribution in [1.82, 2.24) is 14.8 Å². The first-order valence-electron chi connectivity index (χ1n) is 9.33. The first kappa shape index (κ1) is 18.7. The number of hydrogen-bond acceptors (Lipinski definition) is 4. The van der Waals surface area contributed by atoms with Crippen LogP contribution in [0, 0.1) is 0 Å². The Kier molecular flexibility index (Phi) is 5.46. The molecule has 0 bridgehead atoms. The van der Waals surface area contributed by atoms with Crippen LogP contribution in [0.4, 0.5) is 0 Å². The van der Waals surface area contributed by atoms with Crippen LogP contribution >= 0.6 is 11.6 Å². The fourth-order valence-corrected chi connectivity index (χ4v) is 3.67. The highest BCUT2D eigenvalue weighted by Crippen LogP contribution is 2.19. The van der Waals surface area contributed by atoms with E-state index < -0.39 is 0 Å². The molecule has 2 heterocycles. The Morgan fingerprint density at radius 3 is 2.50 bits per heavy atom. The fourth-order valence-electron chi connectivity index (χ4n) is 3.51. The second kappa shape index (κ2) is 8.17. The number of nitrogens with zero attached hydrogens (tertiary/aromatic N) is 3. The molecule has 28 heavy (non-hydrogen) atoms. The van der Waals surface area contributed by atoms with Crippen molar-refractivity contribution in [1.29, 1.82) is 0 Å². The summed E-state index contributed by atoms with van der Waals surface area (Å²) < 4.78 is 5.21. The second-order valence-electron chi connectivity index (χ2n) is 6.96. The standard InChI is InChI=1S/C22H22ClN3O2/c1-28-19-6-2-16(3-7-19)15-25-10-12-26(13-11-25)22(27)18-4-8-20-17(14-18)5-9-21(23)24-20/h2-9,14H,10-13,15H2,1H3. The molecule has 0 saturated carbocycles. The lowest BCUT2D eigenvalue weighted by Gasteiger charge is -2.34. The third-order valence-corrected chi connectivity index (χ3v) is 5.34. The maximum Gasteiger partial charge on any atom is 0.253 e. The van der Waals surface area contributed by atoms with Crippen LogP contribution in [0.3, 0.4) is 0 Å². The first-order valence-corrected chi connectivity index (χ1v) is 9.71. The maximum absolute atomic E-state index is 12.9. The van der Waals surface area contributed by atoms with Crippen molar-refractivity contribution in [2.75, 3.05) is 33.3 Å². The Labute approximate surface area is 169 Å². The molecule has 1 saturated heterocycles. The molecular formula is C22H22ClN3O2. The summed E-state index contributed by atoms with van der Waals surface area (Å²) in [7, 11) is 1.67. The summed E-state index contributed by atoms with van der Waals surface area (Å²) in [6, 6.07) is 17.4. The number of rotatable bonds is 4. The largest absolute Gasteiger partial charge is 0.497 e. The number of halogens is 1. The summed E-state index contributed by atoms with van der Waals surface area (Å²) in [4.78, 5) is 21.5. The molecule has 6 heteroatoms. The van der Waals surface area contributed by atoms with Crippen LogP contribution in [0.1, 0.15) is 15.9 Å². The van der Waals surface area contributed by atoms with E-state index in [9.17, 15) is 4.79 Å². The van der Waals surface area contributed by atoms with Gasteiger partial charge in [-0.25, -0.2) is 4.98 Å². The predicted molar refractivity (Wildman–Crippen MR) is 111 cm³/mol. The number of methoxy groups -OCH3 is 1. The van der Waals surface area contributed by atoms with E-state index in [1.807, 2.05) is 41.3 Å². The molecule has 1 fully saturated rings. The first-order chi connectivity index (χ1) is 13.6. The number of carbonyl (C=O) groups excluding carboxylic acids is 1. The number of carbonyl (C=O) groups is 1. The lowest BCUT2D eigenvalue weighted by Crippen LogP contribution is -2.48. The van der Waals surface area contributed by atoms with E-state index in [1.54, 1.807) is 13.2 Å². The molecule has 2 aromatic carbocycles. The van der Waals surface area contributed by atoms with Crippen molar-refractivity contribution in [2.45, 2.75) is 6.54 Å². The maximum atomic E-state index is 12.9. The van der Waals surface area contributed by atoms with E-state index in [-0.39, 0.29) is 5.91 Å². The quantitative estimate of drug-likeness (QED) is 0.629. The Morgan fingerprint density at radius 2 is 1.79 bits per heavy atom. The SMILES string of the molecule is COc1ccc(CN2CCN(C(=O)c3ccc4nc(Cl)ccc4c3)CC2)cc1. The van der Waals surface area contributed by atoms with Crippen LogP contribution in [0.15, 0.2) is 54.6 Å². The molecule has 144 valence electrons. The molecule has 5 nitrogen and oxygen atoms in total. The van der Waals surface area contributed by atoms with E-state index in [4.69, 9.17) is 16.3 Å². The average Bonchev–Trinajstić information content (AvgIpc) is 2.74. The monoisotopic (exact) mass is 395 g/mol. The van der Waals surface area contributed by atoms with Gasteiger partial charge in [0.25, 0.3) is 5.91 Å². The predicted octanol–water partition coefficient (Wildman–Crippen LogP) is 3.85. The molecule has 1 amide bonds. The fraction of sp³-hybridized carbons (Fsp3) is 0.273. The second-order valence-corrected chi connectivity index (χ2v) is 7.35. The number of benzene rings is 2. The number of amides is 1.